The molecule has 1 aliphatic carbocycles. The van der Waals surface area contributed by atoms with Crippen LogP contribution in [0, 0.1) is 18.8 Å². The van der Waals surface area contributed by atoms with Crippen LogP contribution in [-0.2, 0) is 4.79 Å². The number of aliphatic carboxylic acids is 1. The van der Waals surface area contributed by atoms with Gasteiger partial charge in [-0.3, -0.25) is 4.79 Å². The number of hydrogen-bond acceptors (Lipinski definition) is 7. The first-order valence-electron chi connectivity index (χ1n) is 11.2. The largest absolute Gasteiger partial charge is 0.481 e. The Morgan fingerprint density at radius 3 is 2.59 bits per heavy atom. The van der Waals surface area contributed by atoms with Crippen molar-refractivity contribution in [3.05, 3.63) is 48.3 Å². The van der Waals surface area contributed by atoms with Crippen LogP contribution < -0.4 is 15.5 Å². The maximum atomic E-state index is 12.2. The molecule has 34 heavy (non-hydrogen) atoms. The average molecular weight is 481 g/mol. The van der Waals surface area contributed by atoms with Gasteiger partial charge in [-0.1, -0.05) is 17.4 Å². The summed E-state index contributed by atoms with van der Waals surface area (Å²) in [5.41, 5.74) is 7.30. The highest BCUT2D eigenvalue weighted by atomic mass is 32.1. The molecule has 3 N–H and O–H groups in total. The highest BCUT2D eigenvalue weighted by Crippen LogP contribution is 2.34. The monoisotopic (exact) mass is 480 g/mol. The molecular formula is C24H28N6O3S. The number of carbonyl (C=O) groups is 2. The van der Waals surface area contributed by atoms with Crippen LogP contribution in [-0.4, -0.2) is 45.7 Å². The average Bonchev–Trinajstić information content (AvgIpc) is 3.30. The Hall–Kier alpha value is -3.53. The first kappa shape index (κ1) is 23.6. The third-order valence-corrected chi connectivity index (χ3v) is 7.25. The number of carboxylic acid groups (broad SMARTS) is 1. The molecule has 178 valence electrons. The van der Waals surface area contributed by atoms with E-state index in [-0.39, 0.29) is 5.92 Å². The fourth-order valence-corrected chi connectivity index (χ4v) is 5.14. The lowest BCUT2D eigenvalue weighted by Gasteiger charge is -2.29. The Labute approximate surface area is 202 Å². The van der Waals surface area contributed by atoms with E-state index < -0.39 is 12.0 Å². The quantitative estimate of drug-likeness (QED) is 0.511. The predicted octanol–water partition coefficient (Wildman–Crippen LogP) is 4.45. The molecule has 0 aliphatic heterocycles. The minimum absolute atomic E-state index is 0.207. The van der Waals surface area contributed by atoms with E-state index in [0.717, 1.165) is 47.8 Å². The van der Waals surface area contributed by atoms with Crippen LogP contribution in [0.3, 0.4) is 0 Å². The summed E-state index contributed by atoms with van der Waals surface area (Å²) < 4.78 is 0. The van der Waals surface area contributed by atoms with Crippen molar-refractivity contribution in [2.75, 3.05) is 23.4 Å². The number of primary amides is 1. The topological polar surface area (TPSA) is 126 Å². The summed E-state index contributed by atoms with van der Waals surface area (Å²) in [4.78, 5) is 41.2. The second-order valence-corrected chi connectivity index (χ2v) is 9.70. The van der Waals surface area contributed by atoms with Crippen LogP contribution in [0.5, 0.6) is 0 Å². The van der Waals surface area contributed by atoms with Crippen LogP contribution in [0.15, 0.2) is 42.7 Å². The summed E-state index contributed by atoms with van der Waals surface area (Å²) in [7, 11) is 2.01. The number of carbonyl (C=O) groups excluding carboxylic acids is 1. The van der Waals surface area contributed by atoms with Gasteiger partial charge in [0, 0.05) is 26.0 Å². The lowest BCUT2D eigenvalue weighted by molar-refractivity contribution is -0.143. The Balaban J connectivity index is 1.49. The molecule has 1 saturated carbocycles. The Morgan fingerprint density at radius 2 is 1.91 bits per heavy atom. The first-order valence-corrected chi connectivity index (χ1v) is 12.0. The van der Waals surface area contributed by atoms with Gasteiger partial charge in [-0.05, 0) is 68.4 Å². The Morgan fingerprint density at radius 1 is 1.15 bits per heavy atom. The molecule has 0 aromatic carbocycles. The van der Waals surface area contributed by atoms with Crippen molar-refractivity contribution in [3.8, 4) is 10.6 Å². The molecular weight excluding hydrogens is 452 g/mol. The van der Waals surface area contributed by atoms with E-state index in [1.54, 1.807) is 24.5 Å². The smallest absolute Gasteiger partial charge is 0.326 e. The Bertz CT molecular complexity index is 1170. The number of nitrogens with two attached hydrogens (primary N) is 1. The summed E-state index contributed by atoms with van der Waals surface area (Å²) in [6.45, 7) is 2.75. The number of nitrogens with zero attached hydrogens (tertiary/aromatic N) is 5. The molecule has 3 aromatic rings. The zero-order valence-corrected chi connectivity index (χ0v) is 20.0. The molecule has 0 atom stereocenters. The van der Waals surface area contributed by atoms with E-state index in [4.69, 9.17) is 5.73 Å². The Kier molecular flexibility index (Phi) is 7.06. The fourth-order valence-electron chi connectivity index (χ4n) is 4.29. The van der Waals surface area contributed by atoms with E-state index in [2.05, 4.69) is 19.9 Å². The molecule has 0 spiro atoms. The summed E-state index contributed by atoms with van der Waals surface area (Å²) in [6.07, 6.45) is 6.71. The SMILES string of the molecule is Cc1ccnc(N(C(N)=O)c2cccc(-c3cnc(N(C)CC4CCC(C(=O)O)CC4)s3)n2)c1. The lowest BCUT2D eigenvalue weighted by atomic mass is 9.82. The highest BCUT2D eigenvalue weighted by Gasteiger charge is 2.27. The maximum Gasteiger partial charge on any atom is 0.326 e. The standard InChI is InChI=1S/C24H28N6O3S/c1-15-10-11-26-21(12-15)30(23(25)33)20-5-3-4-18(28-20)19-13-27-24(34-19)29(2)14-16-6-8-17(9-7-16)22(31)32/h3-5,10-13,16-17H,6-9,14H2,1-2H3,(H2,25,33)(H,31,32). The van der Waals surface area contributed by atoms with Gasteiger partial charge in [-0.25, -0.2) is 24.6 Å². The first-order chi connectivity index (χ1) is 16.3. The van der Waals surface area contributed by atoms with Crippen LogP contribution in [0.2, 0.25) is 0 Å². The summed E-state index contributed by atoms with van der Waals surface area (Å²) >= 11 is 1.52. The third-order valence-electron chi connectivity index (χ3n) is 6.11. The molecule has 3 heterocycles. The molecule has 1 fully saturated rings. The molecule has 0 unspecified atom stereocenters. The van der Waals surface area contributed by atoms with Gasteiger partial charge in [0.25, 0.3) is 0 Å². The number of carboxylic acids is 1. The van der Waals surface area contributed by atoms with Gasteiger partial charge < -0.3 is 15.7 Å². The molecule has 1 aliphatic rings. The van der Waals surface area contributed by atoms with E-state index >= 15 is 0 Å². The number of rotatable bonds is 7. The van der Waals surface area contributed by atoms with Gasteiger partial charge in [-0.15, -0.1) is 0 Å². The molecule has 3 aromatic heterocycles. The number of thiazole rings is 1. The molecule has 0 saturated heterocycles. The van der Waals surface area contributed by atoms with Crippen LogP contribution in [0.1, 0.15) is 31.2 Å². The van der Waals surface area contributed by atoms with E-state index in [9.17, 15) is 14.7 Å². The summed E-state index contributed by atoms with van der Waals surface area (Å²) in [6, 6.07) is 8.39. The van der Waals surface area contributed by atoms with Gasteiger partial charge in [0.2, 0.25) is 0 Å². The number of anilines is 3. The van der Waals surface area contributed by atoms with Crippen molar-refractivity contribution in [3.63, 3.8) is 0 Å². The zero-order valence-electron chi connectivity index (χ0n) is 19.2. The van der Waals surface area contributed by atoms with Crippen molar-refractivity contribution >= 4 is 40.1 Å². The van der Waals surface area contributed by atoms with Gasteiger partial charge in [0.1, 0.15) is 11.6 Å². The van der Waals surface area contributed by atoms with Crippen molar-refractivity contribution in [2.24, 2.45) is 17.6 Å². The second-order valence-electron chi connectivity index (χ2n) is 8.69. The minimum atomic E-state index is -0.681. The number of aryl methyl sites for hydroxylation is 1. The van der Waals surface area contributed by atoms with Gasteiger partial charge in [-0.2, -0.15) is 0 Å². The molecule has 0 bridgehead atoms. The van der Waals surface area contributed by atoms with Gasteiger partial charge >= 0.3 is 12.0 Å². The van der Waals surface area contributed by atoms with Crippen molar-refractivity contribution in [2.45, 2.75) is 32.6 Å². The van der Waals surface area contributed by atoms with Gasteiger partial charge in [0.05, 0.1) is 16.5 Å². The fraction of sp³-hybridized carbons (Fsp3) is 0.375. The van der Waals surface area contributed by atoms with E-state index in [1.807, 2.05) is 32.2 Å². The second kappa shape index (κ2) is 10.2. The minimum Gasteiger partial charge on any atom is -0.481 e. The van der Waals surface area contributed by atoms with Crippen LogP contribution in [0.4, 0.5) is 21.6 Å². The van der Waals surface area contributed by atoms with Gasteiger partial charge in [0.15, 0.2) is 5.13 Å². The number of urea groups is 1. The van der Waals surface area contributed by atoms with Crippen molar-refractivity contribution in [1.82, 2.24) is 15.0 Å². The summed E-state index contributed by atoms with van der Waals surface area (Å²) in [5, 5.41) is 10.1. The summed E-state index contributed by atoms with van der Waals surface area (Å²) in [5.74, 6) is 0.377. The molecule has 9 nitrogen and oxygen atoms in total. The number of hydrogen-bond donors (Lipinski definition) is 2. The van der Waals surface area contributed by atoms with E-state index in [0.29, 0.717) is 23.2 Å². The molecule has 4 rings (SSSR count). The zero-order chi connectivity index (χ0) is 24.2. The number of pyridine rings is 2. The normalized spacial score (nSPS) is 17.8. The highest BCUT2D eigenvalue weighted by molar-refractivity contribution is 7.18. The van der Waals surface area contributed by atoms with Crippen LogP contribution in [0.25, 0.3) is 10.6 Å². The van der Waals surface area contributed by atoms with Crippen LogP contribution >= 0.6 is 11.3 Å². The van der Waals surface area contributed by atoms with E-state index in [1.165, 1.54) is 16.2 Å². The maximum absolute atomic E-state index is 12.2. The molecule has 2 amide bonds. The molecule has 0 radical (unpaired) electrons. The predicted molar refractivity (Wildman–Crippen MR) is 132 cm³/mol. The van der Waals surface area contributed by atoms with Crippen molar-refractivity contribution in [1.29, 1.82) is 0 Å². The lowest BCUT2D eigenvalue weighted by Crippen LogP contribution is -2.32. The van der Waals surface area contributed by atoms with Crippen molar-refractivity contribution < 1.29 is 14.7 Å². The molecule has 10 heteroatoms. The third kappa shape index (κ3) is 5.33. The number of amides is 2. The number of aromatic nitrogens is 3.